The van der Waals surface area contributed by atoms with Gasteiger partial charge in [-0.05, 0) is 101 Å². The highest BCUT2D eigenvalue weighted by Crippen LogP contribution is 2.48. The molecule has 1 unspecified atom stereocenters. The summed E-state index contributed by atoms with van der Waals surface area (Å²) in [7, 11) is -2.87. The number of carbonyl (C=O) groups excluding carboxylic acids is 3. The molecule has 15 nitrogen and oxygen atoms in total. The Hall–Kier alpha value is -5.45. The van der Waals surface area contributed by atoms with E-state index in [1.54, 1.807) is 44.4 Å². The van der Waals surface area contributed by atoms with Gasteiger partial charge in [0.1, 0.15) is 52.4 Å². The van der Waals surface area contributed by atoms with Crippen molar-refractivity contribution < 1.29 is 51.3 Å². The number of allylic oxidation sites excluding steroid dienone is 1. The Bertz CT molecular complexity index is 2320. The first-order valence-electron chi connectivity index (χ1n) is 20.8. The van der Waals surface area contributed by atoms with Crippen molar-refractivity contribution in [3.63, 3.8) is 0 Å². The van der Waals surface area contributed by atoms with Gasteiger partial charge in [0, 0.05) is 35.4 Å². The summed E-state index contributed by atoms with van der Waals surface area (Å²) in [5.74, 6) is -1.67. The van der Waals surface area contributed by atoms with Gasteiger partial charge in [0.15, 0.2) is 0 Å². The van der Waals surface area contributed by atoms with Crippen molar-refractivity contribution in [3.8, 4) is 28.5 Å². The van der Waals surface area contributed by atoms with Crippen LogP contribution in [0.25, 0.3) is 22.2 Å². The van der Waals surface area contributed by atoms with Crippen LogP contribution in [0.1, 0.15) is 72.6 Å². The molecule has 3 heterocycles. The van der Waals surface area contributed by atoms with Crippen LogP contribution >= 0.6 is 0 Å². The summed E-state index contributed by atoms with van der Waals surface area (Å²) in [5, 5.41) is 15.7. The summed E-state index contributed by atoms with van der Waals surface area (Å²) in [6.07, 6.45) is 3.38. The van der Waals surface area contributed by atoms with Crippen LogP contribution in [0, 0.1) is 17.8 Å². The van der Waals surface area contributed by atoms with Crippen molar-refractivity contribution >= 4 is 44.7 Å². The Morgan fingerprint density at radius 3 is 2.44 bits per heavy atom. The molecule has 7 atom stereocenters. The van der Waals surface area contributed by atoms with Crippen LogP contribution in [0.4, 0.5) is 9.18 Å². The van der Waals surface area contributed by atoms with E-state index in [9.17, 15) is 37.1 Å². The average Bonchev–Trinajstić information content (AvgIpc) is 4.12. The van der Waals surface area contributed by atoms with Crippen LogP contribution in [-0.4, -0.2) is 102 Å². The number of amides is 4. The SMILES string of the molecule is COc1ccc2c(O[C@@H]3C[C@H]4C(=O)N[C@]5(C(=O)NS(=O)(=O)C6(CF)CC6)C[C@H]5C=CCCC(C)C[C@@H](C)[C@H](NC(=O)O)C(=O)N4C3)cc(-c3ccc(OC(C)C)cc3)nc2c1. The van der Waals surface area contributed by atoms with E-state index in [1.165, 1.54) is 4.90 Å². The molecule has 3 aromatic rings. The number of methoxy groups -OCH3 is 1. The number of nitrogens with one attached hydrogen (secondary N) is 3. The second-order valence-corrected chi connectivity index (χ2v) is 19.4. The molecule has 0 bridgehead atoms. The molecule has 1 saturated heterocycles. The van der Waals surface area contributed by atoms with E-state index >= 15 is 0 Å². The lowest BCUT2D eigenvalue weighted by Crippen LogP contribution is -2.59. The second kappa shape index (κ2) is 17.1. The van der Waals surface area contributed by atoms with Crippen LogP contribution < -0.4 is 29.6 Å². The van der Waals surface area contributed by atoms with Crippen LogP contribution in [0.5, 0.6) is 17.2 Å². The molecule has 2 aliphatic heterocycles. The fourth-order valence-electron chi connectivity index (χ4n) is 8.59. The lowest BCUT2D eigenvalue weighted by molar-refractivity contribution is -0.142. The Kier molecular flexibility index (Phi) is 12.3. The number of pyridine rings is 1. The standard InChI is InChI=1S/C44H54FN5O10S/c1-25(2)59-30-12-10-28(11-13-30)34-21-37(33-15-14-31(58-5)19-35(33)46-34)60-32-20-36-39(51)48-44(41(53)49-61(56,57)43(24-45)16-17-43)22-29(44)9-7-6-8-26(3)18-27(4)38(47-42(54)55)40(52)50(36)23-32/h7,9-15,19,21,25-27,29,32,36,38,47H,6,8,16-18,20,22-24H2,1-5H3,(H,48,51)(H,49,53)(H,54,55)/t26?,27-,29-,32-,36+,38+,44-/m1/s1. The van der Waals surface area contributed by atoms with Gasteiger partial charge in [-0.25, -0.2) is 22.6 Å². The zero-order valence-corrected chi connectivity index (χ0v) is 35.8. The van der Waals surface area contributed by atoms with Crippen molar-refractivity contribution in [1.82, 2.24) is 25.2 Å². The predicted octanol–water partition coefficient (Wildman–Crippen LogP) is 5.52. The van der Waals surface area contributed by atoms with Gasteiger partial charge in [0.05, 0.1) is 31.0 Å². The molecule has 328 valence electrons. The highest BCUT2D eigenvalue weighted by molar-refractivity contribution is 7.91. The number of benzene rings is 2. The summed E-state index contributed by atoms with van der Waals surface area (Å²) in [4.78, 5) is 61.5. The zero-order valence-electron chi connectivity index (χ0n) is 35.0. The van der Waals surface area contributed by atoms with E-state index in [0.29, 0.717) is 53.1 Å². The normalized spacial score (nSPS) is 27.5. The molecule has 2 aromatic carbocycles. The number of aromatic nitrogens is 1. The molecule has 4 N–H and O–H groups in total. The number of rotatable bonds is 11. The number of hydrogen-bond donors (Lipinski definition) is 4. The molecule has 1 aromatic heterocycles. The first-order valence-corrected chi connectivity index (χ1v) is 22.3. The summed E-state index contributed by atoms with van der Waals surface area (Å²) >= 11 is 0. The molecule has 7 rings (SSSR count). The topological polar surface area (TPSA) is 203 Å². The third-order valence-electron chi connectivity index (χ3n) is 12.3. The number of nitrogens with zero attached hydrogens (tertiary/aromatic N) is 2. The molecule has 2 saturated carbocycles. The maximum Gasteiger partial charge on any atom is 0.405 e. The minimum Gasteiger partial charge on any atom is -0.497 e. The Morgan fingerprint density at radius 1 is 1.07 bits per heavy atom. The third-order valence-corrected chi connectivity index (χ3v) is 14.5. The summed E-state index contributed by atoms with van der Waals surface area (Å²) < 4.78 is 58.8. The number of ether oxygens (including phenoxy) is 3. The number of sulfonamides is 1. The summed E-state index contributed by atoms with van der Waals surface area (Å²) in [5.41, 5.74) is 0.200. The van der Waals surface area contributed by atoms with E-state index in [1.807, 2.05) is 51.1 Å². The molecule has 0 radical (unpaired) electrons. The van der Waals surface area contributed by atoms with E-state index in [-0.39, 0.29) is 44.2 Å². The number of carboxylic acid groups (broad SMARTS) is 1. The molecule has 0 spiro atoms. The fourth-order valence-corrected chi connectivity index (χ4v) is 10.0. The molecule has 61 heavy (non-hydrogen) atoms. The van der Waals surface area contributed by atoms with Crippen molar-refractivity contribution in [1.29, 1.82) is 0 Å². The second-order valence-electron chi connectivity index (χ2n) is 17.3. The van der Waals surface area contributed by atoms with Gasteiger partial charge in [-0.1, -0.05) is 26.0 Å². The predicted molar refractivity (Wildman–Crippen MR) is 224 cm³/mol. The molecular formula is C44H54FN5O10S. The summed E-state index contributed by atoms with van der Waals surface area (Å²) in [6, 6.07) is 12.1. The van der Waals surface area contributed by atoms with Crippen LogP contribution in [-0.2, 0) is 24.4 Å². The largest absolute Gasteiger partial charge is 0.497 e. The average molecular weight is 864 g/mol. The maximum absolute atomic E-state index is 14.6. The third kappa shape index (κ3) is 9.12. The number of fused-ring (bicyclic) bond motifs is 3. The van der Waals surface area contributed by atoms with Gasteiger partial charge in [-0.15, -0.1) is 0 Å². The zero-order chi connectivity index (χ0) is 43.9. The van der Waals surface area contributed by atoms with Crippen LogP contribution in [0.2, 0.25) is 0 Å². The highest BCUT2D eigenvalue weighted by atomic mass is 32.2. The smallest absolute Gasteiger partial charge is 0.405 e. The van der Waals surface area contributed by atoms with Crippen LogP contribution in [0.15, 0.2) is 60.7 Å². The van der Waals surface area contributed by atoms with Gasteiger partial charge in [-0.2, -0.15) is 0 Å². The summed E-state index contributed by atoms with van der Waals surface area (Å²) in [6.45, 7) is 6.40. The van der Waals surface area contributed by atoms with E-state index < -0.39 is 80.8 Å². The Balaban J connectivity index is 1.24. The van der Waals surface area contributed by atoms with Gasteiger partial charge in [-0.3, -0.25) is 19.1 Å². The molecule has 4 amide bonds. The quantitative estimate of drug-likeness (QED) is 0.177. The van der Waals surface area contributed by atoms with Gasteiger partial charge < -0.3 is 34.9 Å². The molecule has 4 aliphatic rings. The minimum atomic E-state index is -4.41. The molecular weight excluding hydrogens is 810 g/mol. The first-order chi connectivity index (χ1) is 29.0. The van der Waals surface area contributed by atoms with E-state index in [2.05, 4.69) is 15.4 Å². The lowest BCUT2D eigenvalue weighted by Gasteiger charge is -2.32. The van der Waals surface area contributed by atoms with Crippen molar-refractivity contribution in [2.45, 2.75) is 107 Å². The van der Waals surface area contributed by atoms with E-state index in [4.69, 9.17) is 19.2 Å². The van der Waals surface area contributed by atoms with Crippen molar-refractivity contribution in [3.05, 3.63) is 60.7 Å². The maximum atomic E-state index is 14.6. The van der Waals surface area contributed by atoms with Gasteiger partial charge in [0.2, 0.25) is 21.8 Å². The van der Waals surface area contributed by atoms with Crippen molar-refractivity contribution in [2.75, 3.05) is 20.3 Å². The lowest BCUT2D eigenvalue weighted by atomic mass is 9.88. The number of alkyl halides is 1. The molecule has 17 heteroatoms. The number of hydrogen-bond acceptors (Lipinski definition) is 10. The molecule has 3 fully saturated rings. The number of halogens is 1. The monoisotopic (exact) mass is 863 g/mol. The van der Waals surface area contributed by atoms with Gasteiger partial charge in [0.25, 0.3) is 5.91 Å². The minimum absolute atomic E-state index is 0.0164. The van der Waals surface area contributed by atoms with Crippen molar-refractivity contribution in [2.24, 2.45) is 17.8 Å². The van der Waals surface area contributed by atoms with E-state index in [0.717, 1.165) is 5.56 Å². The number of carbonyl (C=O) groups is 4. The van der Waals surface area contributed by atoms with Gasteiger partial charge >= 0.3 is 6.09 Å². The Morgan fingerprint density at radius 2 is 1.79 bits per heavy atom. The highest BCUT2D eigenvalue weighted by Gasteiger charge is 2.64. The van der Waals surface area contributed by atoms with Crippen LogP contribution in [0.3, 0.4) is 0 Å². The Labute approximate surface area is 354 Å². The molecule has 2 aliphatic carbocycles. The first kappa shape index (κ1) is 43.6. The fraction of sp³-hybridized carbons (Fsp3) is 0.523.